The summed E-state index contributed by atoms with van der Waals surface area (Å²) in [6.07, 6.45) is 6.26. The summed E-state index contributed by atoms with van der Waals surface area (Å²) in [6, 6.07) is 7.82. The standard InChI is InChI=1S/C18H21ClN4O2/c1-23-11-13(9-22-23)17(25)20-10-16(24)21-12-18(6-3-7-18)14-4-2-5-15(19)8-14/h2,4-5,8-9,11H,3,6-7,10,12H2,1H3,(H,20,25)(H,21,24). The second-order valence-corrected chi connectivity index (χ2v) is 6.94. The van der Waals surface area contributed by atoms with Crippen LogP contribution < -0.4 is 10.6 Å². The number of benzene rings is 1. The van der Waals surface area contributed by atoms with Crippen molar-refractivity contribution in [2.75, 3.05) is 13.1 Å². The smallest absolute Gasteiger partial charge is 0.254 e. The number of halogens is 1. The molecular weight excluding hydrogens is 340 g/mol. The third-order valence-electron chi connectivity index (χ3n) is 4.75. The first kappa shape index (κ1) is 17.5. The maximum absolute atomic E-state index is 12.1. The highest BCUT2D eigenvalue weighted by Crippen LogP contribution is 2.43. The van der Waals surface area contributed by atoms with Gasteiger partial charge in [-0.2, -0.15) is 5.10 Å². The van der Waals surface area contributed by atoms with E-state index in [1.807, 2.05) is 18.2 Å². The lowest BCUT2D eigenvalue weighted by molar-refractivity contribution is -0.120. The van der Waals surface area contributed by atoms with Gasteiger partial charge in [0.05, 0.1) is 18.3 Å². The molecule has 0 atom stereocenters. The van der Waals surface area contributed by atoms with Gasteiger partial charge < -0.3 is 10.6 Å². The Morgan fingerprint density at radius 3 is 2.72 bits per heavy atom. The van der Waals surface area contributed by atoms with Crippen LogP contribution >= 0.6 is 11.6 Å². The summed E-state index contributed by atoms with van der Waals surface area (Å²) in [5, 5.41) is 10.2. The van der Waals surface area contributed by atoms with E-state index >= 15 is 0 Å². The van der Waals surface area contributed by atoms with E-state index in [2.05, 4.69) is 21.8 Å². The van der Waals surface area contributed by atoms with Crippen LogP contribution in [0.2, 0.25) is 5.02 Å². The van der Waals surface area contributed by atoms with Gasteiger partial charge in [0.15, 0.2) is 0 Å². The second kappa shape index (κ2) is 7.27. The molecule has 7 heteroatoms. The molecule has 0 saturated heterocycles. The van der Waals surface area contributed by atoms with Crippen molar-refractivity contribution in [2.45, 2.75) is 24.7 Å². The van der Waals surface area contributed by atoms with E-state index in [1.54, 1.807) is 17.9 Å². The first-order valence-corrected chi connectivity index (χ1v) is 8.66. The van der Waals surface area contributed by atoms with Gasteiger partial charge in [-0.25, -0.2) is 0 Å². The number of nitrogens with one attached hydrogen (secondary N) is 2. The van der Waals surface area contributed by atoms with E-state index in [4.69, 9.17) is 11.6 Å². The van der Waals surface area contributed by atoms with Gasteiger partial charge in [-0.3, -0.25) is 14.3 Å². The van der Waals surface area contributed by atoms with E-state index in [0.29, 0.717) is 17.1 Å². The van der Waals surface area contributed by atoms with Crippen molar-refractivity contribution in [3.63, 3.8) is 0 Å². The van der Waals surface area contributed by atoms with Crippen LogP contribution in [0.5, 0.6) is 0 Å². The minimum Gasteiger partial charge on any atom is -0.354 e. The number of nitrogens with zero attached hydrogens (tertiary/aromatic N) is 2. The molecule has 25 heavy (non-hydrogen) atoms. The van der Waals surface area contributed by atoms with Crippen LogP contribution in [0.15, 0.2) is 36.7 Å². The van der Waals surface area contributed by atoms with Crippen molar-refractivity contribution in [3.05, 3.63) is 52.8 Å². The summed E-state index contributed by atoms with van der Waals surface area (Å²) in [7, 11) is 1.73. The summed E-state index contributed by atoms with van der Waals surface area (Å²) >= 11 is 6.10. The number of carbonyl (C=O) groups excluding carboxylic acids is 2. The third-order valence-corrected chi connectivity index (χ3v) is 4.98. The average Bonchev–Trinajstić information content (AvgIpc) is 2.98. The van der Waals surface area contributed by atoms with Gasteiger partial charge in [0.1, 0.15) is 0 Å². The van der Waals surface area contributed by atoms with Crippen molar-refractivity contribution in [1.29, 1.82) is 0 Å². The number of hydrogen-bond acceptors (Lipinski definition) is 3. The first-order chi connectivity index (χ1) is 12.0. The van der Waals surface area contributed by atoms with Crippen LogP contribution in [0, 0.1) is 0 Å². The lowest BCUT2D eigenvalue weighted by Gasteiger charge is -2.42. The summed E-state index contributed by atoms with van der Waals surface area (Å²) in [5.41, 5.74) is 1.55. The van der Waals surface area contributed by atoms with Crippen LogP contribution in [0.1, 0.15) is 35.2 Å². The second-order valence-electron chi connectivity index (χ2n) is 6.51. The monoisotopic (exact) mass is 360 g/mol. The predicted molar refractivity (Wildman–Crippen MR) is 95.5 cm³/mol. The normalized spacial score (nSPS) is 15.3. The van der Waals surface area contributed by atoms with Gasteiger partial charge in [-0.15, -0.1) is 0 Å². The third kappa shape index (κ3) is 4.02. The molecule has 0 bridgehead atoms. The molecule has 1 fully saturated rings. The summed E-state index contributed by atoms with van der Waals surface area (Å²) in [5.74, 6) is -0.512. The first-order valence-electron chi connectivity index (χ1n) is 8.28. The number of rotatable bonds is 6. The lowest BCUT2D eigenvalue weighted by atomic mass is 9.64. The van der Waals surface area contributed by atoms with Gasteiger partial charge in [-0.05, 0) is 30.5 Å². The number of hydrogen-bond donors (Lipinski definition) is 2. The van der Waals surface area contributed by atoms with Crippen molar-refractivity contribution in [3.8, 4) is 0 Å². The van der Waals surface area contributed by atoms with E-state index in [1.165, 1.54) is 6.20 Å². The fourth-order valence-electron chi connectivity index (χ4n) is 3.12. The Kier molecular flexibility index (Phi) is 5.08. The van der Waals surface area contributed by atoms with E-state index in [9.17, 15) is 9.59 Å². The molecule has 1 aliphatic carbocycles. The molecule has 6 nitrogen and oxygen atoms in total. The van der Waals surface area contributed by atoms with Gasteiger partial charge in [-0.1, -0.05) is 30.2 Å². The SMILES string of the molecule is Cn1cc(C(=O)NCC(=O)NCC2(c3cccc(Cl)c3)CCC2)cn1. The highest BCUT2D eigenvalue weighted by Gasteiger charge is 2.38. The minimum atomic E-state index is -0.309. The van der Waals surface area contributed by atoms with Crippen molar-refractivity contribution in [1.82, 2.24) is 20.4 Å². The van der Waals surface area contributed by atoms with Crippen LogP contribution in [-0.4, -0.2) is 34.7 Å². The van der Waals surface area contributed by atoms with Gasteiger partial charge in [0, 0.05) is 30.2 Å². The molecule has 132 valence electrons. The Labute approximate surface area is 151 Å². The van der Waals surface area contributed by atoms with Gasteiger partial charge in [0.25, 0.3) is 5.91 Å². The number of amides is 2. The maximum atomic E-state index is 12.1. The highest BCUT2D eigenvalue weighted by molar-refractivity contribution is 6.30. The summed E-state index contributed by atoms with van der Waals surface area (Å²) < 4.78 is 1.54. The lowest BCUT2D eigenvalue weighted by Crippen LogP contribution is -2.47. The molecule has 1 saturated carbocycles. The highest BCUT2D eigenvalue weighted by atomic mass is 35.5. The molecule has 3 rings (SSSR count). The van der Waals surface area contributed by atoms with E-state index in [-0.39, 0.29) is 23.8 Å². The molecule has 2 amide bonds. The molecule has 2 aromatic rings. The molecule has 0 aliphatic heterocycles. The van der Waals surface area contributed by atoms with E-state index < -0.39 is 0 Å². The largest absolute Gasteiger partial charge is 0.354 e. The predicted octanol–water partition coefficient (Wildman–Crippen LogP) is 2.04. The van der Waals surface area contributed by atoms with Crippen molar-refractivity contribution >= 4 is 23.4 Å². The molecule has 2 N–H and O–H groups in total. The number of carbonyl (C=O) groups is 2. The number of aryl methyl sites for hydroxylation is 1. The summed E-state index contributed by atoms with van der Waals surface area (Å²) in [6.45, 7) is 0.494. The van der Waals surface area contributed by atoms with E-state index in [0.717, 1.165) is 24.8 Å². The summed E-state index contributed by atoms with van der Waals surface area (Å²) in [4.78, 5) is 24.0. The zero-order chi connectivity index (χ0) is 17.9. The number of aromatic nitrogens is 2. The Hall–Kier alpha value is -2.34. The molecule has 0 spiro atoms. The van der Waals surface area contributed by atoms with Gasteiger partial charge >= 0.3 is 0 Å². The molecule has 1 aromatic heterocycles. The fourth-order valence-corrected chi connectivity index (χ4v) is 3.31. The van der Waals surface area contributed by atoms with Crippen LogP contribution in [0.3, 0.4) is 0 Å². The minimum absolute atomic E-state index is 0.0477. The van der Waals surface area contributed by atoms with Crippen LogP contribution in [0.25, 0.3) is 0 Å². The topological polar surface area (TPSA) is 76.0 Å². The van der Waals surface area contributed by atoms with Crippen molar-refractivity contribution in [2.24, 2.45) is 7.05 Å². The molecule has 1 heterocycles. The molecule has 0 unspecified atom stereocenters. The maximum Gasteiger partial charge on any atom is 0.254 e. The van der Waals surface area contributed by atoms with Crippen molar-refractivity contribution < 1.29 is 9.59 Å². The Morgan fingerprint density at radius 2 is 2.12 bits per heavy atom. The molecule has 1 aliphatic rings. The Balaban J connectivity index is 1.52. The van der Waals surface area contributed by atoms with Crippen LogP contribution in [0.4, 0.5) is 0 Å². The Morgan fingerprint density at radius 1 is 1.32 bits per heavy atom. The zero-order valence-electron chi connectivity index (χ0n) is 14.1. The Bertz CT molecular complexity index is 783. The average molecular weight is 361 g/mol. The molecule has 0 radical (unpaired) electrons. The van der Waals surface area contributed by atoms with Crippen LogP contribution in [-0.2, 0) is 17.3 Å². The fraction of sp³-hybridized carbons (Fsp3) is 0.389. The van der Waals surface area contributed by atoms with Gasteiger partial charge in [0.2, 0.25) is 5.91 Å². The zero-order valence-corrected chi connectivity index (χ0v) is 14.8. The molecule has 1 aromatic carbocycles. The quantitative estimate of drug-likeness (QED) is 0.827. The molecular formula is C18H21ClN4O2.